The van der Waals surface area contributed by atoms with E-state index in [0.29, 0.717) is 5.41 Å². The van der Waals surface area contributed by atoms with Gasteiger partial charge in [-0.2, -0.15) is 0 Å². The standard InChI is InChI=1S/C28H37N/c1-21(15-18-27-24(4)12-9-19-28(27,6)7)10-8-11-23(3)20-25(5)29-26-16-13-22(2)14-17-26/h8,10-11,13-18,20,29H,5,9,12,19H2,1-4,6-7H3/b11-8+,18-15+,21-10+,23-20+. The Morgan fingerprint density at radius 2 is 1.72 bits per heavy atom. The fraction of sp³-hybridized carbons (Fsp3) is 0.357. The van der Waals surface area contributed by atoms with E-state index < -0.39 is 0 Å². The molecule has 0 fully saturated rings. The fourth-order valence-electron chi connectivity index (χ4n) is 3.81. The van der Waals surface area contributed by atoms with Crippen LogP contribution in [0.25, 0.3) is 0 Å². The van der Waals surface area contributed by atoms with Crippen molar-refractivity contribution in [3.63, 3.8) is 0 Å². The third-order valence-corrected chi connectivity index (χ3v) is 5.53. The lowest BCUT2D eigenvalue weighted by Crippen LogP contribution is -2.19. The summed E-state index contributed by atoms with van der Waals surface area (Å²) < 4.78 is 0. The number of rotatable bonds is 7. The van der Waals surface area contributed by atoms with Gasteiger partial charge in [-0.3, -0.25) is 0 Å². The molecule has 0 aliphatic heterocycles. The SMILES string of the molecule is C=C(/C=C(C)/C=C/C=C(C)/C=C/C1=C(C)CCCC1(C)C)Nc1ccc(C)cc1. The van der Waals surface area contributed by atoms with Crippen LogP contribution in [0.15, 0.2) is 95.3 Å². The second-order valence-corrected chi connectivity index (χ2v) is 8.94. The summed E-state index contributed by atoms with van der Waals surface area (Å²) in [5.74, 6) is 0. The van der Waals surface area contributed by atoms with Gasteiger partial charge in [-0.05, 0) is 81.7 Å². The molecule has 1 heteroatoms. The zero-order chi connectivity index (χ0) is 21.4. The topological polar surface area (TPSA) is 12.0 Å². The Morgan fingerprint density at radius 3 is 2.38 bits per heavy atom. The molecule has 0 amide bonds. The highest BCUT2D eigenvalue weighted by Crippen LogP contribution is 2.40. The van der Waals surface area contributed by atoms with Crippen LogP contribution in [0.1, 0.15) is 59.4 Å². The molecule has 1 aromatic rings. The molecule has 1 N–H and O–H groups in total. The molecule has 1 aliphatic rings. The molecule has 1 aromatic carbocycles. The average Bonchev–Trinajstić information content (AvgIpc) is 2.62. The van der Waals surface area contributed by atoms with Crippen molar-refractivity contribution in [2.45, 2.75) is 60.8 Å². The Hall–Kier alpha value is -2.54. The summed E-state index contributed by atoms with van der Waals surface area (Å²) in [7, 11) is 0. The van der Waals surface area contributed by atoms with E-state index in [0.717, 1.165) is 17.0 Å². The minimum atomic E-state index is 0.291. The fourth-order valence-corrected chi connectivity index (χ4v) is 3.81. The van der Waals surface area contributed by atoms with Gasteiger partial charge >= 0.3 is 0 Å². The number of benzene rings is 1. The lowest BCUT2D eigenvalue weighted by Gasteiger charge is -2.32. The van der Waals surface area contributed by atoms with Gasteiger partial charge in [-0.25, -0.2) is 0 Å². The highest BCUT2D eigenvalue weighted by Gasteiger charge is 2.26. The first-order valence-electron chi connectivity index (χ1n) is 10.6. The average molecular weight is 388 g/mol. The van der Waals surface area contributed by atoms with Crippen LogP contribution < -0.4 is 5.32 Å². The van der Waals surface area contributed by atoms with Crippen LogP contribution in [0.4, 0.5) is 5.69 Å². The van der Waals surface area contributed by atoms with E-state index in [1.807, 2.05) is 0 Å². The number of hydrogen-bond acceptors (Lipinski definition) is 1. The third-order valence-electron chi connectivity index (χ3n) is 5.53. The Bertz CT molecular complexity index is 867. The lowest BCUT2D eigenvalue weighted by molar-refractivity contribution is 0.377. The number of hydrogen-bond donors (Lipinski definition) is 1. The molecule has 0 atom stereocenters. The van der Waals surface area contributed by atoms with Crippen LogP contribution in [-0.4, -0.2) is 0 Å². The second-order valence-electron chi connectivity index (χ2n) is 8.94. The van der Waals surface area contributed by atoms with Crippen molar-refractivity contribution in [3.05, 3.63) is 101 Å². The van der Waals surface area contributed by atoms with E-state index in [9.17, 15) is 0 Å². The molecule has 0 saturated carbocycles. The maximum absolute atomic E-state index is 4.10. The van der Waals surface area contributed by atoms with E-state index in [2.05, 4.69) is 114 Å². The first-order chi connectivity index (χ1) is 13.7. The zero-order valence-corrected chi connectivity index (χ0v) is 19.1. The van der Waals surface area contributed by atoms with Crippen molar-refractivity contribution >= 4 is 5.69 Å². The Balaban J connectivity index is 1.95. The first kappa shape index (κ1) is 22.7. The minimum absolute atomic E-state index is 0.291. The lowest BCUT2D eigenvalue weighted by atomic mass is 9.72. The van der Waals surface area contributed by atoms with Crippen molar-refractivity contribution in [3.8, 4) is 0 Å². The van der Waals surface area contributed by atoms with Crippen LogP contribution in [0, 0.1) is 12.3 Å². The first-order valence-corrected chi connectivity index (χ1v) is 10.6. The molecular weight excluding hydrogens is 350 g/mol. The molecule has 2 rings (SSSR count). The molecule has 0 saturated heterocycles. The van der Waals surface area contributed by atoms with E-state index >= 15 is 0 Å². The Morgan fingerprint density at radius 1 is 1.03 bits per heavy atom. The Labute approximate surface area is 178 Å². The monoisotopic (exact) mass is 387 g/mol. The molecule has 1 nitrogen and oxygen atoms in total. The summed E-state index contributed by atoms with van der Waals surface area (Å²) in [5.41, 5.74) is 8.96. The molecule has 1 aliphatic carbocycles. The molecule has 0 aromatic heterocycles. The van der Waals surface area contributed by atoms with Gasteiger partial charge in [-0.15, -0.1) is 0 Å². The van der Waals surface area contributed by atoms with Gasteiger partial charge in [0, 0.05) is 11.4 Å². The van der Waals surface area contributed by atoms with Crippen LogP contribution in [0.2, 0.25) is 0 Å². The largest absolute Gasteiger partial charge is 0.356 e. The highest BCUT2D eigenvalue weighted by molar-refractivity contribution is 5.51. The summed E-state index contributed by atoms with van der Waals surface area (Å²) in [6, 6.07) is 8.34. The number of allylic oxidation sites excluding steroid dienone is 10. The molecule has 29 heavy (non-hydrogen) atoms. The third kappa shape index (κ3) is 7.42. The molecule has 0 bridgehead atoms. The normalized spacial score (nSPS) is 18.0. The van der Waals surface area contributed by atoms with Gasteiger partial charge in [0.1, 0.15) is 0 Å². The van der Waals surface area contributed by atoms with Crippen molar-refractivity contribution in [1.82, 2.24) is 0 Å². The highest BCUT2D eigenvalue weighted by atomic mass is 14.9. The van der Waals surface area contributed by atoms with E-state index in [-0.39, 0.29) is 0 Å². The van der Waals surface area contributed by atoms with Crippen molar-refractivity contribution in [2.24, 2.45) is 5.41 Å². The predicted octanol–water partition coefficient (Wildman–Crippen LogP) is 8.45. The van der Waals surface area contributed by atoms with Crippen molar-refractivity contribution in [2.75, 3.05) is 5.32 Å². The van der Waals surface area contributed by atoms with Gasteiger partial charge in [-0.1, -0.05) is 79.6 Å². The summed E-state index contributed by atoms with van der Waals surface area (Å²) in [4.78, 5) is 0. The van der Waals surface area contributed by atoms with Gasteiger partial charge in [0.15, 0.2) is 0 Å². The molecule has 0 radical (unpaired) electrons. The van der Waals surface area contributed by atoms with E-state index in [1.165, 1.54) is 36.0 Å². The maximum atomic E-state index is 4.10. The summed E-state index contributed by atoms with van der Waals surface area (Å²) in [5, 5.41) is 3.33. The van der Waals surface area contributed by atoms with Crippen molar-refractivity contribution in [1.29, 1.82) is 0 Å². The van der Waals surface area contributed by atoms with Crippen molar-refractivity contribution < 1.29 is 0 Å². The second kappa shape index (κ2) is 10.3. The quantitative estimate of drug-likeness (QED) is 0.463. The van der Waals surface area contributed by atoms with E-state index in [1.54, 1.807) is 5.57 Å². The molecular formula is C28H37N. The molecule has 154 valence electrons. The van der Waals surface area contributed by atoms with Gasteiger partial charge in [0.2, 0.25) is 0 Å². The number of aryl methyl sites for hydroxylation is 1. The van der Waals surface area contributed by atoms with Crippen LogP contribution in [-0.2, 0) is 0 Å². The minimum Gasteiger partial charge on any atom is -0.356 e. The number of nitrogens with one attached hydrogen (secondary N) is 1. The predicted molar refractivity (Wildman–Crippen MR) is 130 cm³/mol. The van der Waals surface area contributed by atoms with Gasteiger partial charge < -0.3 is 5.32 Å². The maximum Gasteiger partial charge on any atom is 0.0384 e. The molecule has 0 heterocycles. The Kier molecular flexibility index (Phi) is 8.08. The zero-order valence-electron chi connectivity index (χ0n) is 19.1. The summed E-state index contributed by atoms with van der Waals surface area (Å²) >= 11 is 0. The van der Waals surface area contributed by atoms with Gasteiger partial charge in [0.25, 0.3) is 0 Å². The summed E-state index contributed by atoms with van der Waals surface area (Å²) in [6.45, 7) is 17.4. The summed E-state index contributed by atoms with van der Waals surface area (Å²) in [6.07, 6.45) is 16.8. The molecule has 0 unspecified atom stereocenters. The van der Waals surface area contributed by atoms with Crippen LogP contribution >= 0.6 is 0 Å². The van der Waals surface area contributed by atoms with Crippen LogP contribution in [0.3, 0.4) is 0 Å². The van der Waals surface area contributed by atoms with Gasteiger partial charge in [0.05, 0.1) is 0 Å². The van der Waals surface area contributed by atoms with Crippen LogP contribution in [0.5, 0.6) is 0 Å². The number of anilines is 1. The smallest absolute Gasteiger partial charge is 0.0384 e. The molecule has 0 spiro atoms. The van der Waals surface area contributed by atoms with E-state index in [4.69, 9.17) is 0 Å².